The molecule has 1 N–H and O–H groups in total. The van der Waals surface area contributed by atoms with Gasteiger partial charge in [-0.15, -0.1) is 0 Å². The molecular weight excluding hydrogens is 157 g/mol. The lowest BCUT2D eigenvalue weighted by Crippen LogP contribution is -1.87. The van der Waals surface area contributed by atoms with Crippen molar-refractivity contribution in [2.24, 2.45) is 0 Å². The third-order valence-electron chi connectivity index (χ3n) is 1.19. The van der Waals surface area contributed by atoms with Crippen LogP contribution in [-0.2, 0) is 0 Å². The molecule has 0 spiro atoms. The molecular formula is C6H5ClFNO. The molecule has 0 unspecified atom stereocenters. The van der Waals surface area contributed by atoms with Gasteiger partial charge in [-0.3, -0.25) is 0 Å². The minimum Gasteiger partial charge on any atom is -0.506 e. The lowest BCUT2D eigenvalue weighted by Gasteiger charge is -1.98. The highest BCUT2D eigenvalue weighted by atomic mass is 35.5. The lowest BCUT2D eigenvalue weighted by molar-refractivity contribution is 0.459. The first-order valence-corrected chi connectivity index (χ1v) is 3.00. The first-order chi connectivity index (χ1) is 4.63. The van der Waals surface area contributed by atoms with Gasteiger partial charge in [-0.05, 0) is 6.92 Å². The minimum absolute atomic E-state index is 0.125. The van der Waals surface area contributed by atoms with Crippen LogP contribution in [0, 0.1) is 12.7 Å². The number of pyridine rings is 1. The summed E-state index contributed by atoms with van der Waals surface area (Å²) in [5, 5.41) is 8.65. The van der Waals surface area contributed by atoms with Crippen molar-refractivity contribution in [3.8, 4) is 5.75 Å². The fourth-order valence-corrected chi connectivity index (χ4v) is 0.729. The Bertz CT molecular complexity index is 237. The average molecular weight is 162 g/mol. The first kappa shape index (κ1) is 7.28. The normalized spacial score (nSPS) is 9.90. The Morgan fingerprint density at radius 2 is 2.30 bits per heavy atom. The van der Waals surface area contributed by atoms with Crippen LogP contribution in [0.15, 0.2) is 6.20 Å². The smallest absolute Gasteiger partial charge is 0.167 e. The van der Waals surface area contributed by atoms with E-state index in [9.17, 15) is 4.39 Å². The number of hydrogen-bond donors (Lipinski definition) is 1. The number of aromatic nitrogens is 1. The fourth-order valence-electron chi connectivity index (χ4n) is 0.538. The van der Waals surface area contributed by atoms with Gasteiger partial charge >= 0.3 is 0 Å². The van der Waals surface area contributed by atoms with Crippen molar-refractivity contribution in [2.45, 2.75) is 6.92 Å². The number of nitrogens with zero attached hydrogens (tertiary/aromatic N) is 1. The summed E-state index contributed by atoms with van der Waals surface area (Å²) in [6, 6.07) is 0. The molecule has 0 fully saturated rings. The van der Waals surface area contributed by atoms with E-state index in [0.29, 0.717) is 0 Å². The second kappa shape index (κ2) is 2.42. The van der Waals surface area contributed by atoms with Crippen LogP contribution in [0.5, 0.6) is 5.75 Å². The molecule has 54 valence electrons. The molecule has 1 aromatic heterocycles. The van der Waals surface area contributed by atoms with E-state index in [-0.39, 0.29) is 16.5 Å². The van der Waals surface area contributed by atoms with Crippen molar-refractivity contribution in [3.05, 3.63) is 22.7 Å². The summed E-state index contributed by atoms with van der Waals surface area (Å²) in [4.78, 5) is 3.38. The van der Waals surface area contributed by atoms with Crippen molar-refractivity contribution in [3.63, 3.8) is 0 Å². The van der Waals surface area contributed by atoms with Crippen molar-refractivity contribution in [2.75, 3.05) is 0 Å². The summed E-state index contributed by atoms with van der Waals surface area (Å²) in [6.07, 6.45) is 1.11. The zero-order valence-electron chi connectivity index (χ0n) is 5.23. The maximum atomic E-state index is 12.6. The molecule has 0 saturated heterocycles. The van der Waals surface area contributed by atoms with Crippen LogP contribution in [0.3, 0.4) is 0 Å². The van der Waals surface area contributed by atoms with E-state index in [0.717, 1.165) is 6.20 Å². The van der Waals surface area contributed by atoms with Crippen molar-refractivity contribution in [1.29, 1.82) is 0 Å². The molecule has 1 aromatic rings. The van der Waals surface area contributed by atoms with Gasteiger partial charge in [0.2, 0.25) is 0 Å². The highest BCUT2D eigenvalue weighted by Gasteiger charge is 2.07. The summed E-state index contributed by atoms with van der Waals surface area (Å²) in [6.45, 7) is 1.43. The monoisotopic (exact) mass is 161 g/mol. The SMILES string of the molecule is Cc1c(O)cnc(Cl)c1F. The summed E-state index contributed by atoms with van der Waals surface area (Å²) in [7, 11) is 0. The Hall–Kier alpha value is -0.830. The molecule has 1 heterocycles. The van der Waals surface area contributed by atoms with Crippen LogP contribution in [0.1, 0.15) is 5.56 Å². The van der Waals surface area contributed by atoms with Crippen LogP contribution in [0.2, 0.25) is 5.15 Å². The Balaban J connectivity index is 3.34. The van der Waals surface area contributed by atoms with Crippen LogP contribution in [-0.4, -0.2) is 10.1 Å². The molecule has 0 radical (unpaired) electrons. The summed E-state index contributed by atoms with van der Waals surface area (Å²) < 4.78 is 12.6. The van der Waals surface area contributed by atoms with Gasteiger partial charge in [-0.1, -0.05) is 11.6 Å². The molecule has 10 heavy (non-hydrogen) atoms. The molecule has 0 bridgehead atoms. The summed E-state index contributed by atoms with van der Waals surface area (Å²) >= 11 is 5.29. The predicted octanol–water partition coefficient (Wildman–Crippen LogP) is 1.89. The molecule has 0 aliphatic heterocycles. The Labute approximate surface area is 62.3 Å². The maximum Gasteiger partial charge on any atom is 0.167 e. The number of hydrogen-bond acceptors (Lipinski definition) is 2. The van der Waals surface area contributed by atoms with E-state index in [2.05, 4.69) is 4.98 Å². The van der Waals surface area contributed by atoms with Gasteiger partial charge in [0.1, 0.15) is 5.75 Å². The standard InChI is InChI=1S/C6H5ClFNO/c1-3-4(10)2-9-6(7)5(3)8/h2,10H,1H3. The zero-order valence-corrected chi connectivity index (χ0v) is 5.98. The van der Waals surface area contributed by atoms with E-state index >= 15 is 0 Å². The van der Waals surface area contributed by atoms with E-state index in [1.165, 1.54) is 6.92 Å². The summed E-state index contributed by atoms with van der Waals surface area (Å²) in [5.74, 6) is -0.844. The van der Waals surface area contributed by atoms with Crippen LogP contribution in [0.25, 0.3) is 0 Å². The second-order valence-corrected chi connectivity index (χ2v) is 2.23. The third-order valence-corrected chi connectivity index (χ3v) is 1.46. The van der Waals surface area contributed by atoms with E-state index in [1.54, 1.807) is 0 Å². The maximum absolute atomic E-state index is 12.6. The number of rotatable bonds is 0. The van der Waals surface area contributed by atoms with Crippen LogP contribution < -0.4 is 0 Å². The third kappa shape index (κ3) is 1.04. The van der Waals surface area contributed by atoms with Gasteiger partial charge in [0.25, 0.3) is 0 Å². The molecule has 0 aromatic carbocycles. The zero-order chi connectivity index (χ0) is 7.72. The largest absolute Gasteiger partial charge is 0.506 e. The molecule has 0 amide bonds. The van der Waals surface area contributed by atoms with Gasteiger partial charge in [0, 0.05) is 5.56 Å². The topological polar surface area (TPSA) is 33.1 Å². The van der Waals surface area contributed by atoms with Crippen molar-refractivity contribution in [1.82, 2.24) is 4.98 Å². The fraction of sp³-hybridized carbons (Fsp3) is 0.167. The predicted molar refractivity (Wildman–Crippen MR) is 35.6 cm³/mol. The molecule has 1 rings (SSSR count). The Morgan fingerprint density at radius 1 is 1.70 bits per heavy atom. The quantitative estimate of drug-likeness (QED) is 0.590. The summed E-state index contributed by atoms with van der Waals surface area (Å²) in [5.41, 5.74) is 0.125. The average Bonchev–Trinajstić information content (AvgIpc) is 1.93. The Morgan fingerprint density at radius 3 is 2.80 bits per heavy atom. The first-order valence-electron chi connectivity index (χ1n) is 2.62. The van der Waals surface area contributed by atoms with E-state index in [4.69, 9.17) is 16.7 Å². The highest BCUT2D eigenvalue weighted by molar-refractivity contribution is 6.29. The minimum atomic E-state index is -0.665. The van der Waals surface area contributed by atoms with Gasteiger partial charge in [-0.2, -0.15) is 0 Å². The van der Waals surface area contributed by atoms with Gasteiger partial charge in [0.05, 0.1) is 6.20 Å². The number of halogens is 2. The highest BCUT2D eigenvalue weighted by Crippen LogP contribution is 2.22. The molecule has 0 saturated carbocycles. The molecule has 0 aliphatic rings. The molecule has 0 atom stereocenters. The van der Waals surface area contributed by atoms with Gasteiger partial charge in [-0.25, -0.2) is 9.37 Å². The van der Waals surface area contributed by atoms with Crippen molar-refractivity contribution < 1.29 is 9.50 Å². The van der Waals surface area contributed by atoms with Gasteiger partial charge < -0.3 is 5.11 Å². The van der Waals surface area contributed by atoms with Crippen molar-refractivity contribution >= 4 is 11.6 Å². The van der Waals surface area contributed by atoms with E-state index < -0.39 is 5.82 Å². The molecule has 2 nitrogen and oxygen atoms in total. The van der Waals surface area contributed by atoms with Gasteiger partial charge in [0.15, 0.2) is 11.0 Å². The van der Waals surface area contributed by atoms with Crippen LogP contribution in [0.4, 0.5) is 4.39 Å². The molecule has 4 heteroatoms. The lowest BCUT2D eigenvalue weighted by atomic mass is 10.3. The molecule has 0 aliphatic carbocycles. The second-order valence-electron chi connectivity index (χ2n) is 1.87. The van der Waals surface area contributed by atoms with E-state index in [1.807, 2.05) is 0 Å². The number of aromatic hydroxyl groups is 1. The van der Waals surface area contributed by atoms with Crippen LogP contribution >= 0.6 is 11.6 Å². The Kier molecular flexibility index (Phi) is 1.76.